The Hall–Kier alpha value is -2.71. The van der Waals surface area contributed by atoms with Gasteiger partial charge in [0.2, 0.25) is 0 Å². The second-order valence-corrected chi connectivity index (χ2v) is 10.5. The second kappa shape index (κ2) is 7.76. The van der Waals surface area contributed by atoms with Crippen molar-refractivity contribution in [2.45, 2.75) is 37.8 Å². The number of halogens is 1. The predicted molar refractivity (Wildman–Crippen MR) is 118 cm³/mol. The average molecular weight is 463 g/mol. The van der Waals surface area contributed by atoms with Gasteiger partial charge < -0.3 is 14.4 Å². The summed E-state index contributed by atoms with van der Waals surface area (Å²) >= 11 is 6.52. The number of aromatic nitrogens is 1. The van der Waals surface area contributed by atoms with Gasteiger partial charge in [-0.15, -0.1) is 0 Å². The Morgan fingerprint density at radius 1 is 1.13 bits per heavy atom. The molecule has 2 aromatic carbocycles. The largest absolute Gasteiger partial charge is 0.491 e. The number of carbonyl (C=O) groups is 1. The van der Waals surface area contributed by atoms with Gasteiger partial charge in [0.15, 0.2) is 0 Å². The number of carbonyl (C=O) groups excluding carboxylic acids is 1. The van der Waals surface area contributed by atoms with Crippen molar-refractivity contribution in [1.82, 2.24) is 8.87 Å². The van der Waals surface area contributed by atoms with Gasteiger partial charge in [-0.25, -0.2) is 17.2 Å². The van der Waals surface area contributed by atoms with E-state index in [1.807, 2.05) is 0 Å². The molecule has 1 amide bonds. The van der Waals surface area contributed by atoms with Crippen molar-refractivity contribution in [2.75, 3.05) is 13.2 Å². The van der Waals surface area contributed by atoms with Gasteiger partial charge in [0.1, 0.15) is 18.0 Å². The highest BCUT2D eigenvalue weighted by molar-refractivity contribution is 7.90. The lowest BCUT2D eigenvalue weighted by Gasteiger charge is -2.26. The van der Waals surface area contributed by atoms with Crippen LogP contribution in [0.4, 0.5) is 4.79 Å². The van der Waals surface area contributed by atoms with E-state index in [1.54, 1.807) is 51.1 Å². The van der Waals surface area contributed by atoms with Crippen molar-refractivity contribution in [3.8, 4) is 5.75 Å². The first-order valence-corrected chi connectivity index (χ1v) is 11.6. The molecule has 0 bridgehead atoms. The van der Waals surface area contributed by atoms with E-state index in [1.165, 1.54) is 27.2 Å². The van der Waals surface area contributed by atoms with E-state index in [2.05, 4.69) is 0 Å². The van der Waals surface area contributed by atoms with Gasteiger partial charge >= 0.3 is 6.09 Å². The summed E-state index contributed by atoms with van der Waals surface area (Å²) < 4.78 is 38.9. The van der Waals surface area contributed by atoms with Gasteiger partial charge in [-0.05, 0) is 45.0 Å². The van der Waals surface area contributed by atoms with Crippen molar-refractivity contribution in [3.63, 3.8) is 0 Å². The van der Waals surface area contributed by atoms with Crippen LogP contribution in [0.5, 0.6) is 5.75 Å². The highest BCUT2D eigenvalue weighted by Gasteiger charge is 2.29. The third kappa shape index (κ3) is 4.09. The van der Waals surface area contributed by atoms with Crippen LogP contribution in [0.15, 0.2) is 53.6 Å². The number of amides is 1. The standard InChI is InChI=1S/C22H23ClN2O5S/c1-22(2,3)30-21(26)24-11-12-29-19-10-9-18-20(16(19)13-24)17(23)14-25(18)31(27,28)15-7-5-4-6-8-15/h4-10,14H,11-13H2,1-3H3. The smallest absolute Gasteiger partial charge is 0.410 e. The number of rotatable bonds is 2. The van der Waals surface area contributed by atoms with Crippen LogP contribution in [0.2, 0.25) is 5.02 Å². The molecule has 1 aromatic heterocycles. The fourth-order valence-electron chi connectivity index (χ4n) is 3.52. The summed E-state index contributed by atoms with van der Waals surface area (Å²) in [5.41, 5.74) is 0.430. The molecule has 0 fully saturated rings. The van der Waals surface area contributed by atoms with Crippen LogP contribution >= 0.6 is 11.6 Å². The summed E-state index contributed by atoms with van der Waals surface area (Å²) in [4.78, 5) is 14.4. The molecule has 0 saturated heterocycles. The van der Waals surface area contributed by atoms with Gasteiger partial charge in [-0.2, -0.15) is 0 Å². The van der Waals surface area contributed by atoms with Gasteiger partial charge in [-0.1, -0.05) is 29.8 Å². The van der Waals surface area contributed by atoms with Crippen LogP contribution in [-0.4, -0.2) is 42.1 Å². The lowest BCUT2D eigenvalue weighted by molar-refractivity contribution is 0.0226. The molecule has 3 aromatic rings. The third-order valence-electron chi connectivity index (χ3n) is 4.87. The molecule has 0 aliphatic carbocycles. The zero-order valence-electron chi connectivity index (χ0n) is 17.5. The fraction of sp³-hybridized carbons (Fsp3) is 0.318. The molecular formula is C22H23ClN2O5S. The quantitative estimate of drug-likeness (QED) is 0.553. The molecule has 0 unspecified atom stereocenters. The van der Waals surface area contributed by atoms with E-state index < -0.39 is 21.7 Å². The maximum atomic E-state index is 13.2. The van der Waals surface area contributed by atoms with Crippen LogP contribution in [0.25, 0.3) is 10.9 Å². The summed E-state index contributed by atoms with van der Waals surface area (Å²) in [6.45, 7) is 6.23. The molecule has 0 spiro atoms. The molecule has 0 atom stereocenters. The molecule has 1 aliphatic heterocycles. The SMILES string of the molecule is CC(C)(C)OC(=O)N1CCOc2ccc3c(c(Cl)cn3S(=O)(=O)c3ccccc3)c2C1. The number of benzene rings is 2. The Morgan fingerprint density at radius 2 is 1.84 bits per heavy atom. The molecule has 164 valence electrons. The molecular weight excluding hydrogens is 440 g/mol. The van der Waals surface area contributed by atoms with Crippen molar-refractivity contribution in [2.24, 2.45) is 0 Å². The maximum Gasteiger partial charge on any atom is 0.410 e. The van der Waals surface area contributed by atoms with E-state index in [0.29, 0.717) is 35.4 Å². The average Bonchev–Trinajstić information content (AvgIpc) is 2.91. The Morgan fingerprint density at radius 3 is 2.52 bits per heavy atom. The van der Waals surface area contributed by atoms with Crippen LogP contribution in [0, 0.1) is 0 Å². The highest BCUT2D eigenvalue weighted by atomic mass is 35.5. The van der Waals surface area contributed by atoms with Crippen molar-refractivity contribution >= 4 is 38.6 Å². The lowest BCUT2D eigenvalue weighted by Crippen LogP contribution is -2.37. The van der Waals surface area contributed by atoms with Gasteiger partial charge in [-0.3, -0.25) is 0 Å². The minimum atomic E-state index is -3.85. The topological polar surface area (TPSA) is 77.8 Å². The van der Waals surface area contributed by atoms with Crippen molar-refractivity contribution in [3.05, 3.63) is 59.2 Å². The number of hydrogen-bond acceptors (Lipinski definition) is 5. The van der Waals surface area contributed by atoms with Crippen LogP contribution in [-0.2, 0) is 21.3 Å². The van der Waals surface area contributed by atoms with Gasteiger partial charge in [0, 0.05) is 17.1 Å². The molecule has 0 radical (unpaired) electrons. The van der Waals surface area contributed by atoms with Crippen LogP contribution in [0.1, 0.15) is 26.3 Å². The summed E-state index contributed by atoms with van der Waals surface area (Å²) in [5.74, 6) is 0.565. The Bertz CT molecular complexity index is 1250. The number of ether oxygens (including phenoxy) is 2. The zero-order chi connectivity index (χ0) is 22.4. The first kappa shape index (κ1) is 21.5. The fourth-order valence-corrected chi connectivity index (χ4v) is 5.27. The Kier molecular flexibility index (Phi) is 5.39. The molecule has 2 heterocycles. The summed E-state index contributed by atoms with van der Waals surface area (Å²) in [7, 11) is -3.85. The van der Waals surface area contributed by atoms with E-state index in [9.17, 15) is 13.2 Å². The first-order chi connectivity index (χ1) is 14.6. The molecule has 1 aliphatic rings. The minimum Gasteiger partial charge on any atom is -0.491 e. The third-order valence-corrected chi connectivity index (χ3v) is 6.85. The number of nitrogens with zero attached hydrogens (tertiary/aromatic N) is 2. The predicted octanol–water partition coefficient (Wildman–Crippen LogP) is 4.66. The van der Waals surface area contributed by atoms with E-state index in [4.69, 9.17) is 21.1 Å². The highest BCUT2D eigenvalue weighted by Crippen LogP contribution is 2.38. The van der Waals surface area contributed by atoms with E-state index >= 15 is 0 Å². The second-order valence-electron chi connectivity index (χ2n) is 8.28. The molecule has 0 saturated carbocycles. The van der Waals surface area contributed by atoms with E-state index in [0.717, 1.165) is 0 Å². The summed E-state index contributed by atoms with van der Waals surface area (Å²) in [5, 5.41) is 0.801. The monoisotopic (exact) mass is 462 g/mol. The van der Waals surface area contributed by atoms with Crippen LogP contribution in [0.3, 0.4) is 0 Å². The normalized spacial score (nSPS) is 14.6. The Balaban J connectivity index is 1.81. The molecule has 7 nitrogen and oxygen atoms in total. The first-order valence-electron chi connectivity index (χ1n) is 9.82. The van der Waals surface area contributed by atoms with Crippen molar-refractivity contribution < 1.29 is 22.7 Å². The Labute approximate surface area is 186 Å². The zero-order valence-corrected chi connectivity index (χ0v) is 19.0. The summed E-state index contributed by atoms with van der Waals surface area (Å²) in [6.07, 6.45) is 0.922. The molecule has 31 heavy (non-hydrogen) atoms. The summed E-state index contributed by atoms with van der Waals surface area (Å²) in [6, 6.07) is 11.5. The van der Waals surface area contributed by atoms with Crippen LogP contribution < -0.4 is 4.74 Å². The number of hydrogen-bond donors (Lipinski definition) is 0. The molecule has 0 N–H and O–H groups in total. The molecule has 9 heteroatoms. The minimum absolute atomic E-state index is 0.158. The van der Waals surface area contributed by atoms with E-state index in [-0.39, 0.29) is 16.5 Å². The van der Waals surface area contributed by atoms with Crippen molar-refractivity contribution in [1.29, 1.82) is 0 Å². The van der Waals surface area contributed by atoms with Gasteiger partial charge in [0.05, 0.1) is 28.5 Å². The maximum absolute atomic E-state index is 13.2. The lowest BCUT2D eigenvalue weighted by atomic mass is 10.1. The van der Waals surface area contributed by atoms with Gasteiger partial charge in [0.25, 0.3) is 10.0 Å². The number of fused-ring (bicyclic) bond motifs is 3. The molecule has 4 rings (SSSR count).